The van der Waals surface area contributed by atoms with Gasteiger partial charge in [0.05, 0.1) is 24.5 Å². The van der Waals surface area contributed by atoms with Gasteiger partial charge in [0.1, 0.15) is 12.2 Å². The molecule has 0 amide bonds. The zero-order valence-electron chi connectivity index (χ0n) is 15.4. The van der Waals surface area contributed by atoms with Gasteiger partial charge in [-0.05, 0) is 48.8 Å². The monoisotopic (exact) mass is 411 g/mol. The van der Waals surface area contributed by atoms with Gasteiger partial charge in [-0.2, -0.15) is 0 Å². The summed E-state index contributed by atoms with van der Waals surface area (Å²) >= 11 is 3.57. The topological polar surface area (TPSA) is 48.0 Å². The van der Waals surface area contributed by atoms with Crippen molar-refractivity contribution in [2.24, 2.45) is 0 Å². The second kappa shape index (κ2) is 8.34. The number of carbonyl (C=O) groups is 1. The van der Waals surface area contributed by atoms with Crippen LogP contribution in [0, 0.1) is 0 Å². The average Bonchev–Trinajstić information content (AvgIpc) is 3.03. The van der Waals surface area contributed by atoms with Gasteiger partial charge in [0.2, 0.25) is 0 Å². The minimum absolute atomic E-state index is 0.113. The molecule has 0 spiro atoms. The van der Waals surface area contributed by atoms with Crippen molar-refractivity contribution < 1.29 is 19.0 Å². The Bertz CT molecular complexity index is 644. The summed E-state index contributed by atoms with van der Waals surface area (Å²) in [5, 5.41) is 0. The molecule has 0 radical (unpaired) electrons. The molecule has 6 heteroatoms. The van der Waals surface area contributed by atoms with Crippen LogP contribution in [-0.4, -0.2) is 37.1 Å². The van der Waals surface area contributed by atoms with E-state index in [1.165, 1.54) is 6.08 Å². The Labute approximate surface area is 158 Å². The second-order valence-corrected chi connectivity index (χ2v) is 6.83. The molecule has 2 saturated heterocycles. The van der Waals surface area contributed by atoms with Crippen LogP contribution in [0.15, 0.2) is 40.5 Å². The van der Waals surface area contributed by atoms with Crippen LogP contribution < -0.4 is 4.90 Å². The highest BCUT2D eigenvalue weighted by Gasteiger charge is 2.50. The Morgan fingerprint density at radius 2 is 2.04 bits per heavy atom. The molecule has 0 saturated carbocycles. The Balaban J connectivity index is 0.00000109. The van der Waals surface area contributed by atoms with E-state index in [0.29, 0.717) is 13.2 Å². The number of nitrogens with zero attached hydrogens (tertiary/aromatic N) is 1. The molecule has 0 aliphatic carbocycles. The third-order valence-corrected chi connectivity index (χ3v) is 4.52. The van der Waals surface area contributed by atoms with E-state index < -0.39 is 5.79 Å². The molecular formula is C19H26BrNO4. The Hall–Kier alpha value is -1.37. The van der Waals surface area contributed by atoms with Crippen molar-refractivity contribution >= 4 is 27.6 Å². The predicted octanol–water partition coefficient (Wildman–Crippen LogP) is 4.26. The quantitative estimate of drug-likeness (QED) is 0.549. The Morgan fingerprint density at radius 1 is 1.36 bits per heavy atom. The lowest BCUT2D eigenvalue weighted by Gasteiger charge is -2.26. The molecule has 0 unspecified atom stereocenters. The van der Waals surface area contributed by atoms with Crippen LogP contribution in [0.2, 0.25) is 0 Å². The van der Waals surface area contributed by atoms with Crippen molar-refractivity contribution in [2.45, 2.75) is 52.6 Å². The molecule has 0 N–H and O–H groups in total. The highest BCUT2D eigenvalue weighted by Crippen LogP contribution is 2.42. The van der Waals surface area contributed by atoms with Crippen LogP contribution in [0.3, 0.4) is 0 Å². The molecule has 0 aromatic heterocycles. The van der Waals surface area contributed by atoms with Crippen molar-refractivity contribution in [1.29, 1.82) is 0 Å². The lowest BCUT2D eigenvalue weighted by molar-refractivity contribution is -0.146. The molecule has 3 rings (SSSR count). The van der Waals surface area contributed by atoms with Gasteiger partial charge in [0, 0.05) is 10.5 Å². The summed E-state index contributed by atoms with van der Waals surface area (Å²) in [6, 6.07) is 7.88. The number of fused-ring (bicyclic) bond motifs is 1. The number of ether oxygens (including phenoxy) is 3. The molecule has 2 aliphatic heterocycles. The first-order valence-electron chi connectivity index (χ1n) is 8.67. The van der Waals surface area contributed by atoms with Crippen molar-refractivity contribution in [1.82, 2.24) is 0 Å². The van der Waals surface area contributed by atoms with Gasteiger partial charge < -0.3 is 19.1 Å². The number of halogens is 1. The van der Waals surface area contributed by atoms with Gasteiger partial charge in [-0.1, -0.05) is 26.0 Å². The molecular weight excluding hydrogens is 386 g/mol. The summed E-state index contributed by atoms with van der Waals surface area (Å²) in [7, 11) is 0. The fourth-order valence-electron chi connectivity index (χ4n) is 3.03. The van der Waals surface area contributed by atoms with Crippen LogP contribution >= 0.6 is 15.9 Å². The summed E-state index contributed by atoms with van der Waals surface area (Å²) in [5.41, 5.74) is 1.74. The Morgan fingerprint density at radius 3 is 2.68 bits per heavy atom. The summed E-state index contributed by atoms with van der Waals surface area (Å²) < 4.78 is 18.0. The van der Waals surface area contributed by atoms with Gasteiger partial charge in [-0.15, -0.1) is 0 Å². The first kappa shape index (κ1) is 19.9. The van der Waals surface area contributed by atoms with Crippen molar-refractivity contribution in [3.63, 3.8) is 0 Å². The normalized spacial score (nSPS) is 25.4. The zero-order valence-corrected chi connectivity index (χ0v) is 17.0. The highest BCUT2D eigenvalue weighted by molar-refractivity contribution is 9.10. The van der Waals surface area contributed by atoms with Gasteiger partial charge >= 0.3 is 5.97 Å². The van der Waals surface area contributed by atoms with E-state index in [1.807, 2.05) is 56.9 Å². The molecule has 5 nitrogen and oxygen atoms in total. The zero-order chi connectivity index (χ0) is 18.6. The van der Waals surface area contributed by atoms with Crippen LogP contribution in [-0.2, 0) is 19.0 Å². The SMILES string of the molecule is CC.CCOC(=O)/C=C1\[C@@H]2OC(C)(C)O[C@@H]2CN1c1ccccc1Br. The van der Waals surface area contributed by atoms with E-state index in [1.54, 1.807) is 6.92 Å². The Kier molecular flexibility index (Phi) is 6.65. The van der Waals surface area contributed by atoms with Gasteiger partial charge in [-0.25, -0.2) is 4.79 Å². The number of rotatable bonds is 3. The average molecular weight is 412 g/mol. The smallest absolute Gasteiger partial charge is 0.332 e. The summed E-state index contributed by atoms with van der Waals surface area (Å²) in [5.74, 6) is -1.02. The number of esters is 1. The molecule has 138 valence electrons. The number of para-hydroxylation sites is 1. The van der Waals surface area contributed by atoms with E-state index >= 15 is 0 Å². The van der Waals surface area contributed by atoms with E-state index in [9.17, 15) is 4.79 Å². The van der Waals surface area contributed by atoms with E-state index in [2.05, 4.69) is 15.9 Å². The fraction of sp³-hybridized carbons (Fsp3) is 0.526. The van der Waals surface area contributed by atoms with E-state index in [-0.39, 0.29) is 18.2 Å². The maximum Gasteiger partial charge on any atom is 0.332 e. The number of carbonyl (C=O) groups excluding carboxylic acids is 1. The van der Waals surface area contributed by atoms with E-state index in [0.717, 1.165) is 15.9 Å². The molecule has 2 fully saturated rings. The number of hydrogen-bond donors (Lipinski definition) is 0. The minimum Gasteiger partial charge on any atom is -0.463 e. The number of benzene rings is 1. The highest BCUT2D eigenvalue weighted by atomic mass is 79.9. The van der Waals surface area contributed by atoms with Crippen molar-refractivity contribution in [2.75, 3.05) is 18.1 Å². The van der Waals surface area contributed by atoms with Crippen LogP contribution in [0.1, 0.15) is 34.6 Å². The summed E-state index contributed by atoms with van der Waals surface area (Å²) in [6.45, 7) is 10.5. The second-order valence-electron chi connectivity index (χ2n) is 5.98. The van der Waals surface area contributed by atoms with E-state index in [4.69, 9.17) is 14.2 Å². The molecule has 2 aliphatic rings. The first-order chi connectivity index (χ1) is 11.9. The van der Waals surface area contributed by atoms with Crippen molar-refractivity contribution in [3.8, 4) is 0 Å². The van der Waals surface area contributed by atoms with Gasteiger partial charge in [0.25, 0.3) is 0 Å². The first-order valence-corrected chi connectivity index (χ1v) is 9.46. The molecule has 0 bridgehead atoms. The van der Waals surface area contributed by atoms with Crippen LogP contribution in [0.5, 0.6) is 0 Å². The molecule has 2 heterocycles. The van der Waals surface area contributed by atoms with Crippen molar-refractivity contribution in [3.05, 3.63) is 40.5 Å². The third kappa shape index (κ3) is 4.43. The minimum atomic E-state index is -0.650. The largest absolute Gasteiger partial charge is 0.463 e. The summed E-state index contributed by atoms with van der Waals surface area (Å²) in [4.78, 5) is 14.0. The molecule has 2 atom stereocenters. The van der Waals surface area contributed by atoms with Crippen LogP contribution in [0.25, 0.3) is 0 Å². The lowest BCUT2D eigenvalue weighted by atomic mass is 10.2. The maximum atomic E-state index is 12.0. The predicted molar refractivity (Wildman–Crippen MR) is 101 cm³/mol. The van der Waals surface area contributed by atoms with Gasteiger partial charge in [-0.3, -0.25) is 0 Å². The fourth-order valence-corrected chi connectivity index (χ4v) is 3.53. The van der Waals surface area contributed by atoms with Crippen LogP contribution in [0.4, 0.5) is 5.69 Å². The molecule has 1 aromatic carbocycles. The standard InChI is InChI=1S/C17H20BrNO4.C2H6/c1-4-21-15(20)9-13-16-14(22-17(2,3)23-16)10-19(13)12-8-6-5-7-11(12)18;1-2/h5-9,14,16H,4,10H2,1-3H3;1-2H3/b13-9+;/t14-,16+;/m1./s1. The maximum absolute atomic E-state index is 12.0. The number of anilines is 1. The molecule has 25 heavy (non-hydrogen) atoms. The van der Waals surface area contributed by atoms with Gasteiger partial charge in [0.15, 0.2) is 5.79 Å². The number of hydrogen-bond acceptors (Lipinski definition) is 5. The summed E-state index contributed by atoms with van der Waals surface area (Å²) in [6.07, 6.45) is 1.12. The molecule has 1 aromatic rings. The lowest BCUT2D eigenvalue weighted by Crippen LogP contribution is -2.29. The third-order valence-electron chi connectivity index (χ3n) is 3.84.